The van der Waals surface area contributed by atoms with Gasteiger partial charge in [-0.25, -0.2) is 8.42 Å². The van der Waals surface area contributed by atoms with Crippen molar-refractivity contribution in [2.24, 2.45) is 0 Å². The molecule has 32 heavy (non-hydrogen) atoms. The largest absolute Gasteiger partial charge is 0.416 e. The highest BCUT2D eigenvalue weighted by Crippen LogP contribution is 2.34. The lowest BCUT2D eigenvalue weighted by Gasteiger charge is -2.27. The number of amides is 1. The second-order valence-electron chi connectivity index (χ2n) is 7.37. The lowest BCUT2D eigenvalue weighted by atomic mass is 10.1. The van der Waals surface area contributed by atoms with E-state index in [0.717, 1.165) is 41.8 Å². The van der Waals surface area contributed by atoms with Crippen LogP contribution in [-0.4, -0.2) is 38.9 Å². The van der Waals surface area contributed by atoms with E-state index in [4.69, 9.17) is 11.6 Å². The van der Waals surface area contributed by atoms with Crippen LogP contribution in [0.5, 0.6) is 0 Å². The van der Waals surface area contributed by atoms with Crippen molar-refractivity contribution in [3.05, 3.63) is 71.3 Å². The topological polar surface area (TPSA) is 57.7 Å². The molecule has 1 heterocycles. The van der Waals surface area contributed by atoms with Crippen molar-refractivity contribution in [2.45, 2.75) is 30.3 Å². The van der Waals surface area contributed by atoms with Crippen molar-refractivity contribution in [3.63, 3.8) is 0 Å². The number of hydrogen-bond donors (Lipinski definition) is 0. The summed E-state index contributed by atoms with van der Waals surface area (Å²) in [5.41, 5.74) is -1.03. The molecule has 0 unspecified atom stereocenters. The van der Waals surface area contributed by atoms with Crippen molar-refractivity contribution in [1.82, 2.24) is 4.90 Å². The number of nitrogens with zero attached hydrogens (tertiary/aromatic N) is 2. The summed E-state index contributed by atoms with van der Waals surface area (Å²) in [6.45, 7) is 4.38. The molecule has 1 fully saturated rings. The molecule has 1 aliphatic heterocycles. The van der Waals surface area contributed by atoms with E-state index in [-0.39, 0.29) is 33.6 Å². The zero-order valence-electron chi connectivity index (χ0n) is 17.1. The number of anilines is 1. The Hall–Kier alpha value is -2.52. The zero-order valence-corrected chi connectivity index (χ0v) is 18.7. The van der Waals surface area contributed by atoms with Gasteiger partial charge in [0.25, 0.3) is 15.9 Å². The Morgan fingerprint density at radius 1 is 1.12 bits per heavy atom. The summed E-state index contributed by atoms with van der Waals surface area (Å²) in [6, 6.07) is 7.92. The fourth-order valence-electron chi connectivity index (χ4n) is 3.53. The van der Waals surface area contributed by atoms with Crippen LogP contribution in [0.3, 0.4) is 0 Å². The highest BCUT2D eigenvalue weighted by atomic mass is 35.5. The molecule has 0 bridgehead atoms. The monoisotopic (exact) mass is 486 g/mol. The third-order valence-corrected chi connectivity index (χ3v) is 7.42. The van der Waals surface area contributed by atoms with Crippen LogP contribution in [0, 0.1) is 0 Å². The standard InChI is InChI=1S/C22H22ClF3N2O3S/c1-2-11-28(18-8-6-7-17(15-18)22(24,25)26)32(30,31)20-14-16(9-10-19(20)23)21(29)27-12-4-3-5-13-27/h2,6-10,14-15H,1,3-5,11-13H2. The van der Waals surface area contributed by atoms with Gasteiger partial charge in [0.05, 0.1) is 22.8 Å². The van der Waals surface area contributed by atoms with Crippen LogP contribution < -0.4 is 4.31 Å². The molecule has 2 aromatic carbocycles. The average Bonchev–Trinajstić information content (AvgIpc) is 2.77. The van der Waals surface area contributed by atoms with Crippen LogP contribution in [0.15, 0.2) is 60.0 Å². The van der Waals surface area contributed by atoms with Crippen LogP contribution in [0.25, 0.3) is 0 Å². The van der Waals surface area contributed by atoms with E-state index in [1.54, 1.807) is 4.90 Å². The number of piperidine rings is 1. The Morgan fingerprint density at radius 3 is 2.44 bits per heavy atom. The van der Waals surface area contributed by atoms with E-state index < -0.39 is 21.8 Å². The second kappa shape index (κ2) is 9.54. The second-order valence-corrected chi connectivity index (χ2v) is 9.61. The number of hydrogen-bond acceptors (Lipinski definition) is 3. The highest BCUT2D eigenvalue weighted by molar-refractivity contribution is 7.93. The van der Waals surface area contributed by atoms with Gasteiger partial charge < -0.3 is 4.90 Å². The van der Waals surface area contributed by atoms with Gasteiger partial charge in [-0.2, -0.15) is 13.2 Å². The lowest BCUT2D eigenvalue weighted by Crippen LogP contribution is -2.36. The van der Waals surface area contributed by atoms with Crippen molar-refractivity contribution in [3.8, 4) is 0 Å². The Kier molecular flexibility index (Phi) is 7.19. The fourth-order valence-corrected chi connectivity index (χ4v) is 5.46. The van der Waals surface area contributed by atoms with E-state index in [1.807, 2.05) is 0 Å². The molecule has 10 heteroatoms. The third-order valence-electron chi connectivity index (χ3n) is 5.15. The normalized spacial score (nSPS) is 14.8. The minimum Gasteiger partial charge on any atom is -0.339 e. The van der Waals surface area contributed by atoms with Gasteiger partial charge in [0.1, 0.15) is 4.90 Å². The van der Waals surface area contributed by atoms with E-state index in [0.29, 0.717) is 13.1 Å². The van der Waals surface area contributed by atoms with E-state index in [9.17, 15) is 26.4 Å². The number of benzene rings is 2. The molecule has 5 nitrogen and oxygen atoms in total. The third kappa shape index (κ3) is 5.10. The van der Waals surface area contributed by atoms with Gasteiger partial charge in [0.15, 0.2) is 0 Å². The number of carbonyl (C=O) groups is 1. The Morgan fingerprint density at radius 2 is 1.81 bits per heavy atom. The smallest absolute Gasteiger partial charge is 0.339 e. The van der Waals surface area contributed by atoms with Crippen LogP contribution in [0.2, 0.25) is 5.02 Å². The van der Waals surface area contributed by atoms with Crippen LogP contribution in [0.1, 0.15) is 35.2 Å². The summed E-state index contributed by atoms with van der Waals surface area (Å²) in [5.74, 6) is -0.313. The average molecular weight is 487 g/mol. The minimum atomic E-state index is -4.64. The van der Waals surface area contributed by atoms with Crippen LogP contribution in [-0.2, 0) is 16.2 Å². The molecule has 0 spiro atoms. The van der Waals surface area contributed by atoms with E-state index in [1.165, 1.54) is 30.3 Å². The number of carbonyl (C=O) groups excluding carboxylic acids is 1. The van der Waals surface area contributed by atoms with Gasteiger partial charge in [0, 0.05) is 18.7 Å². The summed E-state index contributed by atoms with van der Waals surface area (Å²) in [7, 11) is -4.40. The molecule has 0 atom stereocenters. The van der Waals surface area contributed by atoms with Crippen LogP contribution >= 0.6 is 11.6 Å². The van der Waals surface area contributed by atoms with Gasteiger partial charge in [0.2, 0.25) is 0 Å². The first-order valence-corrected chi connectivity index (χ1v) is 11.8. The zero-order chi connectivity index (χ0) is 23.5. The maximum atomic E-state index is 13.4. The molecule has 172 valence electrons. The van der Waals surface area contributed by atoms with Crippen molar-refractivity contribution in [2.75, 3.05) is 23.9 Å². The molecule has 1 aliphatic rings. The number of alkyl halides is 3. The number of likely N-dealkylation sites (tertiary alicyclic amines) is 1. The summed E-state index contributed by atoms with van der Waals surface area (Å²) in [5, 5.41) is -0.138. The first-order valence-electron chi connectivity index (χ1n) is 9.95. The predicted octanol–water partition coefficient (Wildman–Crippen LogP) is 5.37. The highest BCUT2D eigenvalue weighted by Gasteiger charge is 2.33. The van der Waals surface area contributed by atoms with Gasteiger partial charge in [-0.1, -0.05) is 23.7 Å². The minimum absolute atomic E-state index is 0.138. The molecule has 3 rings (SSSR count). The maximum absolute atomic E-state index is 13.4. The fraction of sp³-hybridized carbons (Fsp3) is 0.318. The molecule has 0 saturated carbocycles. The Balaban J connectivity index is 2.04. The predicted molar refractivity (Wildman–Crippen MR) is 117 cm³/mol. The van der Waals surface area contributed by atoms with Crippen LogP contribution in [0.4, 0.5) is 18.9 Å². The number of rotatable bonds is 6. The van der Waals surface area contributed by atoms with Gasteiger partial charge in [-0.05, 0) is 55.7 Å². The maximum Gasteiger partial charge on any atom is 0.416 e. The van der Waals surface area contributed by atoms with Crippen molar-refractivity contribution >= 4 is 33.2 Å². The van der Waals surface area contributed by atoms with Gasteiger partial charge in [-0.3, -0.25) is 9.10 Å². The molecule has 0 N–H and O–H groups in total. The first kappa shape index (κ1) is 24.1. The quantitative estimate of drug-likeness (QED) is 0.516. The summed E-state index contributed by atoms with van der Waals surface area (Å²) >= 11 is 6.17. The molecule has 0 aliphatic carbocycles. The summed E-state index contributed by atoms with van der Waals surface area (Å²) in [6.07, 6.45) is -0.621. The molecule has 2 aromatic rings. The summed E-state index contributed by atoms with van der Waals surface area (Å²) in [4.78, 5) is 14.1. The Labute approximate surface area is 190 Å². The molecule has 0 radical (unpaired) electrons. The SMILES string of the molecule is C=CCN(c1cccc(C(F)(F)F)c1)S(=O)(=O)c1cc(C(=O)N2CCCCC2)ccc1Cl. The first-order chi connectivity index (χ1) is 15.1. The van der Waals surface area contributed by atoms with E-state index in [2.05, 4.69) is 6.58 Å². The molecular weight excluding hydrogens is 465 g/mol. The molecule has 1 saturated heterocycles. The Bertz CT molecular complexity index is 1110. The van der Waals surface area contributed by atoms with E-state index >= 15 is 0 Å². The molecular formula is C22H22ClF3N2O3S. The van der Waals surface area contributed by atoms with Gasteiger partial charge in [-0.15, -0.1) is 6.58 Å². The lowest BCUT2D eigenvalue weighted by molar-refractivity contribution is -0.137. The number of sulfonamides is 1. The summed E-state index contributed by atoms with van der Waals surface area (Å²) < 4.78 is 67.2. The van der Waals surface area contributed by atoms with Gasteiger partial charge >= 0.3 is 6.18 Å². The molecule has 1 amide bonds. The molecule has 0 aromatic heterocycles. The van der Waals surface area contributed by atoms with Crippen molar-refractivity contribution < 1.29 is 26.4 Å². The van der Waals surface area contributed by atoms with Crippen molar-refractivity contribution in [1.29, 1.82) is 0 Å². The number of halogens is 4.